The van der Waals surface area contributed by atoms with Crippen LogP contribution in [0.1, 0.15) is 31.2 Å². The molecule has 0 spiro atoms. The van der Waals surface area contributed by atoms with E-state index in [1.54, 1.807) is 12.3 Å². The molecule has 3 rings (SSSR count). The molecule has 2 aromatic rings. The Morgan fingerprint density at radius 3 is 2.32 bits per heavy atom. The van der Waals surface area contributed by atoms with Crippen molar-refractivity contribution in [2.24, 2.45) is 0 Å². The quantitative estimate of drug-likeness (QED) is 0.161. The zero-order valence-corrected chi connectivity index (χ0v) is 20.0. The zero-order valence-electron chi connectivity index (χ0n) is 20.0. The van der Waals surface area contributed by atoms with Gasteiger partial charge in [-0.1, -0.05) is 18.2 Å². The summed E-state index contributed by atoms with van der Waals surface area (Å²) in [4.78, 5) is 64.4. The van der Waals surface area contributed by atoms with Crippen molar-refractivity contribution >= 4 is 40.6 Å². The van der Waals surface area contributed by atoms with Crippen LogP contribution < -0.4 is 21.3 Å². The summed E-state index contributed by atoms with van der Waals surface area (Å²) in [7, 11) is 0. The van der Waals surface area contributed by atoms with E-state index in [4.69, 9.17) is 5.11 Å². The lowest BCUT2D eigenvalue weighted by Gasteiger charge is -2.25. The van der Waals surface area contributed by atoms with E-state index >= 15 is 0 Å². The molecule has 4 atom stereocenters. The van der Waals surface area contributed by atoms with Crippen molar-refractivity contribution in [3.05, 3.63) is 36.0 Å². The maximum atomic E-state index is 13.2. The number of aliphatic hydroxyl groups is 1. The van der Waals surface area contributed by atoms with Crippen LogP contribution in [0.15, 0.2) is 30.5 Å². The van der Waals surface area contributed by atoms with Crippen LogP contribution in [0.25, 0.3) is 10.9 Å². The number of amides is 3. The molecule has 2 heterocycles. The van der Waals surface area contributed by atoms with Crippen LogP contribution in [-0.2, 0) is 30.4 Å². The third-order valence-electron chi connectivity index (χ3n) is 6.19. The number of aromatic nitrogens is 1. The Hall–Kier alpha value is -3.97. The Morgan fingerprint density at radius 1 is 0.973 bits per heavy atom. The molecule has 0 radical (unpaired) electrons. The summed E-state index contributed by atoms with van der Waals surface area (Å²) in [6.45, 7) is -0.215. The molecule has 13 nitrogen and oxygen atoms in total. The first-order valence-corrected chi connectivity index (χ1v) is 11.9. The number of hydrogen-bond donors (Lipinski definition) is 8. The number of H-pyrrole nitrogens is 1. The van der Waals surface area contributed by atoms with E-state index in [-0.39, 0.29) is 12.8 Å². The SMILES string of the molecule is O=C(O)CCC(NC(=O)C1CCCN1)C(=O)NC(Cc1c[nH]c2ccccc12)C(=O)NC(CO)C(=O)O. The van der Waals surface area contributed by atoms with E-state index in [9.17, 15) is 34.2 Å². The predicted molar refractivity (Wildman–Crippen MR) is 130 cm³/mol. The molecule has 1 saturated heterocycles. The molecule has 0 aliphatic carbocycles. The van der Waals surface area contributed by atoms with Gasteiger partial charge in [-0.05, 0) is 37.4 Å². The molecule has 0 bridgehead atoms. The lowest BCUT2D eigenvalue weighted by molar-refractivity contribution is -0.143. The molecular weight excluding hydrogens is 486 g/mol. The summed E-state index contributed by atoms with van der Waals surface area (Å²) >= 11 is 0. The summed E-state index contributed by atoms with van der Waals surface area (Å²) in [5.41, 5.74) is 1.45. The number of carboxylic acid groups (broad SMARTS) is 2. The number of carboxylic acids is 2. The number of carbonyl (C=O) groups excluding carboxylic acids is 3. The summed E-state index contributed by atoms with van der Waals surface area (Å²) < 4.78 is 0. The van der Waals surface area contributed by atoms with Gasteiger partial charge < -0.3 is 41.6 Å². The number of rotatable bonds is 13. The van der Waals surface area contributed by atoms with Gasteiger partial charge in [0, 0.05) is 29.9 Å². The van der Waals surface area contributed by atoms with Gasteiger partial charge in [-0.25, -0.2) is 4.79 Å². The number of hydrogen-bond acceptors (Lipinski definition) is 7. The van der Waals surface area contributed by atoms with Gasteiger partial charge in [0.15, 0.2) is 0 Å². The first-order valence-electron chi connectivity index (χ1n) is 11.9. The molecule has 0 saturated carbocycles. The Kier molecular flexibility index (Phi) is 9.57. The molecule has 1 aliphatic heterocycles. The van der Waals surface area contributed by atoms with Gasteiger partial charge in [0.25, 0.3) is 0 Å². The number of fused-ring (bicyclic) bond motifs is 1. The highest BCUT2D eigenvalue weighted by Crippen LogP contribution is 2.19. The molecule has 1 aromatic carbocycles. The van der Waals surface area contributed by atoms with Crippen LogP contribution in [0.5, 0.6) is 0 Å². The van der Waals surface area contributed by atoms with Gasteiger partial charge in [-0.15, -0.1) is 0 Å². The summed E-state index contributed by atoms with van der Waals surface area (Å²) in [5, 5.41) is 38.8. The highest BCUT2D eigenvalue weighted by atomic mass is 16.4. The summed E-state index contributed by atoms with van der Waals surface area (Å²) in [6.07, 6.45) is 2.36. The van der Waals surface area contributed by atoms with Crippen LogP contribution in [-0.4, -0.2) is 87.3 Å². The maximum absolute atomic E-state index is 13.2. The van der Waals surface area contributed by atoms with Crippen LogP contribution in [0.4, 0.5) is 0 Å². The fourth-order valence-electron chi connectivity index (χ4n) is 4.18. The van der Waals surface area contributed by atoms with Gasteiger partial charge in [0.05, 0.1) is 12.6 Å². The van der Waals surface area contributed by atoms with Crippen molar-refractivity contribution in [1.29, 1.82) is 0 Å². The highest BCUT2D eigenvalue weighted by molar-refractivity contribution is 5.95. The smallest absolute Gasteiger partial charge is 0.328 e. The van der Waals surface area contributed by atoms with E-state index < -0.39 is 66.9 Å². The van der Waals surface area contributed by atoms with Gasteiger partial charge in [0.1, 0.15) is 18.1 Å². The van der Waals surface area contributed by atoms with Crippen molar-refractivity contribution in [2.45, 2.75) is 56.3 Å². The largest absolute Gasteiger partial charge is 0.481 e. The maximum Gasteiger partial charge on any atom is 0.328 e. The summed E-state index contributed by atoms with van der Waals surface area (Å²) in [6, 6.07) is 2.64. The lowest BCUT2D eigenvalue weighted by atomic mass is 10.0. The van der Waals surface area contributed by atoms with Crippen molar-refractivity contribution in [1.82, 2.24) is 26.3 Å². The number of aromatic amines is 1. The third-order valence-corrected chi connectivity index (χ3v) is 6.19. The van der Waals surface area contributed by atoms with Crippen molar-refractivity contribution in [3.8, 4) is 0 Å². The average molecular weight is 518 g/mol. The minimum absolute atomic E-state index is 0.0386. The first kappa shape index (κ1) is 27.6. The second kappa shape index (κ2) is 12.8. The van der Waals surface area contributed by atoms with Crippen molar-refractivity contribution in [2.75, 3.05) is 13.2 Å². The average Bonchev–Trinajstić information content (AvgIpc) is 3.55. The fourth-order valence-corrected chi connectivity index (χ4v) is 4.18. The molecule has 8 N–H and O–H groups in total. The van der Waals surface area contributed by atoms with Crippen LogP contribution in [0.3, 0.4) is 0 Å². The van der Waals surface area contributed by atoms with Crippen molar-refractivity contribution in [3.63, 3.8) is 0 Å². The van der Waals surface area contributed by atoms with Crippen molar-refractivity contribution < 1.29 is 39.3 Å². The normalized spacial score (nSPS) is 17.5. The number of carbonyl (C=O) groups is 5. The molecule has 1 aliphatic rings. The fraction of sp³-hybridized carbons (Fsp3) is 0.458. The second-order valence-corrected chi connectivity index (χ2v) is 8.85. The van der Waals surface area contributed by atoms with E-state index in [0.717, 1.165) is 17.3 Å². The second-order valence-electron chi connectivity index (χ2n) is 8.85. The van der Waals surface area contributed by atoms with Crippen LogP contribution in [0, 0.1) is 0 Å². The number of aliphatic carboxylic acids is 2. The summed E-state index contributed by atoms with van der Waals surface area (Å²) in [5.74, 6) is -4.72. The molecule has 200 valence electrons. The van der Waals surface area contributed by atoms with Crippen LogP contribution >= 0.6 is 0 Å². The molecule has 1 fully saturated rings. The molecule has 13 heteroatoms. The van der Waals surface area contributed by atoms with Gasteiger partial charge in [-0.2, -0.15) is 0 Å². The Bertz CT molecular complexity index is 1140. The molecule has 3 amide bonds. The topological polar surface area (TPSA) is 210 Å². The molecule has 1 aromatic heterocycles. The molecule has 4 unspecified atom stereocenters. The number of aliphatic hydroxyl groups excluding tert-OH is 1. The van der Waals surface area contributed by atoms with Crippen LogP contribution in [0.2, 0.25) is 0 Å². The minimum Gasteiger partial charge on any atom is -0.481 e. The van der Waals surface area contributed by atoms with Gasteiger partial charge in [-0.3, -0.25) is 19.2 Å². The van der Waals surface area contributed by atoms with Gasteiger partial charge in [0.2, 0.25) is 17.7 Å². The predicted octanol–water partition coefficient (Wildman–Crippen LogP) is -1.14. The van der Waals surface area contributed by atoms with Gasteiger partial charge >= 0.3 is 11.9 Å². The minimum atomic E-state index is -1.59. The standard InChI is InChI=1S/C24H31N5O8/c30-12-19(24(36)37)29-23(35)18(10-13-11-26-15-5-2-1-4-14(13)15)28-22(34)17(7-8-20(31)32)27-21(33)16-6-3-9-25-16/h1-2,4-5,11,16-19,25-26,30H,3,6-10,12H2,(H,27,33)(H,28,34)(H,29,35)(H,31,32)(H,36,37). The zero-order chi connectivity index (χ0) is 26.9. The number of nitrogens with one attached hydrogen (secondary N) is 5. The highest BCUT2D eigenvalue weighted by Gasteiger charge is 2.32. The number of para-hydroxylation sites is 1. The van der Waals surface area contributed by atoms with E-state index in [2.05, 4.69) is 26.3 Å². The third kappa shape index (κ3) is 7.51. The Labute approximate surface area is 212 Å². The molecular formula is C24H31N5O8. The molecule has 37 heavy (non-hydrogen) atoms. The lowest BCUT2D eigenvalue weighted by Crippen LogP contribution is -2.58. The van der Waals surface area contributed by atoms with E-state index in [0.29, 0.717) is 18.5 Å². The Balaban J connectivity index is 1.82. The van der Waals surface area contributed by atoms with E-state index in [1.165, 1.54) is 0 Å². The Morgan fingerprint density at radius 2 is 1.68 bits per heavy atom. The monoisotopic (exact) mass is 517 g/mol. The number of benzene rings is 1. The first-order chi connectivity index (χ1) is 17.7. The van der Waals surface area contributed by atoms with E-state index in [1.807, 2.05) is 18.2 Å².